The number of benzene rings is 2. The fourth-order valence-corrected chi connectivity index (χ4v) is 1.84. The number of rotatable bonds is 4. The van der Waals surface area contributed by atoms with Crippen LogP contribution in [0.4, 0.5) is 25.8 Å². The maximum atomic E-state index is 13.7. The number of nitrogens with one attached hydrogen (secondary N) is 1. The van der Waals surface area contributed by atoms with Crippen LogP contribution < -0.4 is 15.8 Å². The fraction of sp³-hybridized carbons (Fsp3) is 0.143. The van der Waals surface area contributed by atoms with Gasteiger partial charge in [0.05, 0.1) is 23.7 Å². The third kappa shape index (κ3) is 3.11. The molecular weight excluding hydrogens is 286 g/mol. The van der Waals surface area contributed by atoms with Crippen molar-refractivity contribution in [2.45, 2.75) is 6.92 Å². The van der Waals surface area contributed by atoms with Gasteiger partial charge in [-0.15, -0.1) is 0 Å². The molecule has 0 fully saturated rings. The van der Waals surface area contributed by atoms with Crippen LogP contribution in [-0.4, -0.2) is 6.61 Å². The second kappa shape index (κ2) is 5.96. The van der Waals surface area contributed by atoms with Crippen LogP contribution in [0.15, 0.2) is 30.3 Å². The van der Waals surface area contributed by atoms with Crippen molar-refractivity contribution < 1.29 is 13.5 Å². The molecule has 0 aliphatic carbocycles. The van der Waals surface area contributed by atoms with E-state index in [1.807, 2.05) is 0 Å². The summed E-state index contributed by atoms with van der Waals surface area (Å²) >= 11 is 5.68. The van der Waals surface area contributed by atoms with Gasteiger partial charge in [0, 0.05) is 17.2 Å². The molecule has 3 nitrogen and oxygen atoms in total. The maximum absolute atomic E-state index is 13.7. The summed E-state index contributed by atoms with van der Waals surface area (Å²) in [6.07, 6.45) is 0. The average molecular weight is 299 g/mol. The van der Waals surface area contributed by atoms with E-state index < -0.39 is 11.6 Å². The topological polar surface area (TPSA) is 47.3 Å². The van der Waals surface area contributed by atoms with E-state index >= 15 is 0 Å². The predicted molar refractivity (Wildman–Crippen MR) is 76.7 cm³/mol. The summed E-state index contributed by atoms with van der Waals surface area (Å²) in [5, 5.41) is 3.08. The van der Waals surface area contributed by atoms with Gasteiger partial charge in [0.1, 0.15) is 5.82 Å². The molecule has 2 rings (SSSR count). The molecule has 0 aromatic heterocycles. The molecule has 0 radical (unpaired) electrons. The molecule has 0 unspecified atom stereocenters. The normalized spacial score (nSPS) is 10.4. The number of hydrogen-bond donors (Lipinski definition) is 2. The zero-order chi connectivity index (χ0) is 14.7. The summed E-state index contributed by atoms with van der Waals surface area (Å²) in [5.41, 5.74) is 6.41. The van der Waals surface area contributed by atoms with E-state index in [-0.39, 0.29) is 22.1 Å². The fourth-order valence-electron chi connectivity index (χ4n) is 1.68. The van der Waals surface area contributed by atoms with Crippen LogP contribution in [0.3, 0.4) is 0 Å². The summed E-state index contributed by atoms with van der Waals surface area (Å²) in [6, 6.07) is 6.70. The zero-order valence-electron chi connectivity index (χ0n) is 10.7. The molecule has 0 aliphatic rings. The minimum Gasteiger partial charge on any atom is -0.491 e. The van der Waals surface area contributed by atoms with Crippen LogP contribution in [0, 0.1) is 11.6 Å². The van der Waals surface area contributed by atoms with Gasteiger partial charge in [0.2, 0.25) is 0 Å². The van der Waals surface area contributed by atoms with Gasteiger partial charge in [0.25, 0.3) is 0 Å². The first-order chi connectivity index (χ1) is 9.51. The Bertz CT molecular complexity index is 635. The Morgan fingerprint density at radius 1 is 1.15 bits per heavy atom. The number of nitrogens with two attached hydrogens (primary N) is 1. The first-order valence-corrected chi connectivity index (χ1v) is 6.33. The maximum Gasteiger partial charge on any atom is 0.167 e. The van der Waals surface area contributed by atoms with Crippen LogP contribution >= 0.6 is 11.6 Å². The molecule has 0 heterocycles. The lowest BCUT2D eigenvalue weighted by atomic mass is 10.2. The lowest BCUT2D eigenvalue weighted by Crippen LogP contribution is -2.02. The van der Waals surface area contributed by atoms with Gasteiger partial charge in [-0.3, -0.25) is 0 Å². The van der Waals surface area contributed by atoms with Gasteiger partial charge in [-0.1, -0.05) is 11.6 Å². The Hall–Kier alpha value is -2.01. The molecule has 0 atom stereocenters. The molecule has 0 saturated heterocycles. The van der Waals surface area contributed by atoms with Crippen molar-refractivity contribution in [3.05, 3.63) is 47.0 Å². The van der Waals surface area contributed by atoms with Gasteiger partial charge in [-0.2, -0.15) is 0 Å². The van der Waals surface area contributed by atoms with Crippen molar-refractivity contribution >= 4 is 28.7 Å². The van der Waals surface area contributed by atoms with Crippen molar-refractivity contribution in [3.63, 3.8) is 0 Å². The molecule has 2 aromatic carbocycles. The summed E-state index contributed by atoms with van der Waals surface area (Å²) in [7, 11) is 0. The van der Waals surface area contributed by atoms with Gasteiger partial charge in [0.15, 0.2) is 11.6 Å². The first-order valence-electron chi connectivity index (χ1n) is 5.95. The predicted octanol–water partition coefficient (Wildman–Crippen LogP) is 4.34. The number of ether oxygens (including phenoxy) is 1. The van der Waals surface area contributed by atoms with Crippen LogP contribution in [0.1, 0.15) is 6.92 Å². The highest BCUT2D eigenvalue weighted by molar-refractivity contribution is 6.30. The largest absolute Gasteiger partial charge is 0.491 e. The lowest BCUT2D eigenvalue weighted by Gasteiger charge is -2.13. The minimum absolute atomic E-state index is 0.0542. The smallest absolute Gasteiger partial charge is 0.167 e. The van der Waals surface area contributed by atoms with Crippen molar-refractivity contribution in [2.24, 2.45) is 0 Å². The Kier molecular flexibility index (Phi) is 4.29. The highest BCUT2D eigenvalue weighted by atomic mass is 35.5. The number of nitrogen functional groups attached to an aromatic ring is 1. The molecule has 0 spiro atoms. The Labute approximate surface area is 120 Å². The Balaban J connectivity index is 2.35. The van der Waals surface area contributed by atoms with E-state index in [0.29, 0.717) is 12.3 Å². The first kappa shape index (κ1) is 14.4. The molecule has 106 valence electrons. The standard InChI is InChI=1S/C14H13ClF2N2O/c1-2-20-14-7-13(11(18)6-10(14)17)19-12-4-3-8(15)5-9(12)16/h3-7,19H,2,18H2,1H3. The van der Waals surface area contributed by atoms with E-state index in [1.54, 1.807) is 6.92 Å². The number of hydrogen-bond acceptors (Lipinski definition) is 3. The number of halogens is 3. The minimum atomic E-state index is -0.563. The van der Waals surface area contributed by atoms with E-state index in [4.69, 9.17) is 22.1 Å². The van der Waals surface area contributed by atoms with Gasteiger partial charge >= 0.3 is 0 Å². The Morgan fingerprint density at radius 3 is 2.55 bits per heavy atom. The second-order valence-corrected chi connectivity index (χ2v) is 4.49. The second-order valence-electron chi connectivity index (χ2n) is 4.05. The van der Waals surface area contributed by atoms with Crippen LogP contribution in [0.2, 0.25) is 5.02 Å². The zero-order valence-corrected chi connectivity index (χ0v) is 11.5. The number of anilines is 3. The molecule has 6 heteroatoms. The van der Waals surface area contributed by atoms with E-state index in [1.165, 1.54) is 24.3 Å². The monoisotopic (exact) mass is 298 g/mol. The molecule has 3 N–H and O–H groups in total. The molecule has 0 saturated carbocycles. The quantitative estimate of drug-likeness (QED) is 0.825. The van der Waals surface area contributed by atoms with Crippen molar-refractivity contribution in [3.8, 4) is 5.75 Å². The van der Waals surface area contributed by atoms with E-state index in [9.17, 15) is 8.78 Å². The van der Waals surface area contributed by atoms with Crippen LogP contribution in [0.25, 0.3) is 0 Å². The summed E-state index contributed by atoms with van der Waals surface area (Å²) in [6.45, 7) is 2.05. The van der Waals surface area contributed by atoms with Gasteiger partial charge in [-0.25, -0.2) is 8.78 Å². The summed E-state index contributed by atoms with van der Waals surface area (Å²) < 4.78 is 32.4. The molecule has 0 aliphatic heterocycles. The summed E-state index contributed by atoms with van der Waals surface area (Å²) in [4.78, 5) is 0. The summed E-state index contributed by atoms with van der Waals surface area (Å²) in [5.74, 6) is -1.04. The lowest BCUT2D eigenvalue weighted by molar-refractivity contribution is 0.322. The molecule has 2 aromatic rings. The Morgan fingerprint density at radius 2 is 1.90 bits per heavy atom. The van der Waals surface area contributed by atoms with Crippen LogP contribution in [-0.2, 0) is 0 Å². The highest BCUT2D eigenvalue weighted by Crippen LogP contribution is 2.31. The highest BCUT2D eigenvalue weighted by Gasteiger charge is 2.11. The third-order valence-corrected chi connectivity index (χ3v) is 2.84. The molecular formula is C14H13ClF2N2O. The SMILES string of the molecule is CCOc1cc(Nc2ccc(Cl)cc2F)c(N)cc1F. The third-order valence-electron chi connectivity index (χ3n) is 2.60. The molecule has 0 bridgehead atoms. The van der Waals surface area contributed by atoms with Gasteiger partial charge in [-0.05, 0) is 25.1 Å². The van der Waals surface area contributed by atoms with Crippen molar-refractivity contribution in [1.29, 1.82) is 0 Å². The van der Waals surface area contributed by atoms with Crippen molar-refractivity contribution in [2.75, 3.05) is 17.7 Å². The molecule has 0 amide bonds. The van der Waals surface area contributed by atoms with Gasteiger partial charge < -0.3 is 15.8 Å². The van der Waals surface area contributed by atoms with E-state index in [0.717, 1.165) is 6.07 Å². The van der Waals surface area contributed by atoms with Crippen LogP contribution in [0.5, 0.6) is 5.75 Å². The average Bonchev–Trinajstić information content (AvgIpc) is 2.38. The molecule has 20 heavy (non-hydrogen) atoms. The van der Waals surface area contributed by atoms with E-state index in [2.05, 4.69) is 5.32 Å². The van der Waals surface area contributed by atoms with Crippen molar-refractivity contribution in [1.82, 2.24) is 0 Å².